The molecule has 0 fully saturated rings. The maximum atomic E-state index is 11.7. The molecule has 5 heteroatoms. The molecular formula is C19H20N4O. The summed E-state index contributed by atoms with van der Waals surface area (Å²) in [7, 11) is 0. The Kier molecular flexibility index (Phi) is 5.01. The van der Waals surface area contributed by atoms with Crippen molar-refractivity contribution in [3.05, 3.63) is 54.9 Å². The van der Waals surface area contributed by atoms with Crippen LogP contribution in [0.25, 0.3) is 10.9 Å². The van der Waals surface area contributed by atoms with Gasteiger partial charge >= 0.3 is 0 Å². The first-order valence-electron chi connectivity index (χ1n) is 8.13. The molecule has 2 N–H and O–H groups in total. The highest BCUT2D eigenvalue weighted by molar-refractivity contribution is 5.92. The Labute approximate surface area is 141 Å². The Morgan fingerprint density at radius 1 is 1.08 bits per heavy atom. The van der Waals surface area contributed by atoms with Gasteiger partial charge in [-0.05, 0) is 30.7 Å². The fourth-order valence-electron chi connectivity index (χ4n) is 2.45. The van der Waals surface area contributed by atoms with Crippen LogP contribution in [-0.4, -0.2) is 15.9 Å². The smallest absolute Gasteiger partial charge is 0.224 e. The van der Waals surface area contributed by atoms with E-state index in [1.165, 1.54) is 0 Å². The van der Waals surface area contributed by atoms with E-state index in [0.717, 1.165) is 29.4 Å². The van der Waals surface area contributed by atoms with Crippen molar-refractivity contribution in [3.63, 3.8) is 0 Å². The van der Waals surface area contributed by atoms with Crippen LogP contribution in [0, 0.1) is 0 Å². The summed E-state index contributed by atoms with van der Waals surface area (Å²) in [5.74, 6) is 0.734. The normalized spacial score (nSPS) is 10.5. The van der Waals surface area contributed by atoms with Gasteiger partial charge in [0, 0.05) is 18.0 Å². The molecule has 3 rings (SSSR count). The molecule has 0 atom stereocenters. The molecule has 0 saturated heterocycles. The summed E-state index contributed by atoms with van der Waals surface area (Å²) in [6.45, 7) is 2.07. The molecule has 0 aliphatic heterocycles. The van der Waals surface area contributed by atoms with Gasteiger partial charge in [0.1, 0.15) is 5.82 Å². The molecule has 24 heavy (non-hydrogen) atoms. The van der Waals surface area contributed by atoms with Gasteiger partial charge in [-0.15, -0.1) is 0 Å². The molecule has 0 bridgehead atoms. The molecule has 0 spiro atoms. The van der Waals surface area contributed by atoms with Gasteiger partial charge in [0.15, 0.2) is 0 Å². The third kappa shape index (κ3) is 3.87. The number of anilines is 3. The van der Waals surface area contributed by atoms with Crippen LogP contribution in [0.5, 0.6) is 0 Å². The first kappa shape index (κ1) is 15.9. The SMILES string of the molecule is CCCCC(=O)Nc1ccc(Nc2cccc3cccnc23)nc1. The van der Waals surface area contributed by atoms with E-state index >= 15 is 0 Å². The number of nitrogens with zero attached hydrogens (tertiary/aromatic N) is 2. The molecule has 1 aromatic carbocycles. The molecule has 2 heterocycles. The average Bonchev–Trinajstić information content (AvgIpc) is 2.62. The molecule has 0 saturated carbocycles. The first-order chi connectivity index (χ1) is 11.8. The third-order valence-corrected chi connectivity index (χ3v) is 3.70. The number of hydrogen-bond acceptors (Lipinski definition) is 4. The maximum absolute atomic E-state index is 11.7. The molecule has 0 radical (unpaired) electrons. The zero-order chi connectivity index (χ0) is 16.8. The summed E-state index contributed by atoms with van der Waals surface area (Å²) in [6.07, 6.45) is 5.87. The number of para-hydroxylation sites is 1. The number of amides is 1. The number of rotatable bonds is 6. The lowest BCUT2D eigenvalue weighted by Crippen LogP contribution is -2.11. The highest BCUT2D eigenvalue weighted by Gasteiger charge is 2.05. The second-order valence-corrected chi connectivity index (χ2v) is 5.59. The molecule has 1 amide bonds. The van der Waals surface area contributed by atoms with Crippen molar-refractivity contribution >= 4 is 34.0 Å². The Morgan fingerprint density at radius 3 is 2.75 bits per heavy atom. The predicted molar refractivity (Wildman–Crippen MR) is 97.4 cm³/mol. The van der Waals surface area contributed by atoms with Gasteiger partial charge in [-0.1, -0.05) is 31.5 Å². The van der Waals surface area contributed by atoms with Crippen LogP contribution in [0.3, 0.4) is 0 Å². The topological polar surface area (TPSA) is 66.9 Å². The molecular weight excluding hydrogens is 300 g/mol. The quantitative estimate of drug-likeness (QED) is 0.701. The molecule has 0 aliphatic rings. The summed E-state index contributed by atoms with van der Waals surface area (Å²) in [5, 5.41) is 7.20. The van der Waals surface area contributed by atoms with Crippen LogP contribution < -0.4 is 10.6 Å². The number of unbranched alkanes of at least 4 members (excludes halogenated alkanes) is 1. The van der Waals surface area contributed by atoms with E-state index in [0.29, 0.717) is 17.9 Å². The van der Waals surface area contributed by atoms with E-state index in [-0.39, 0.29) is 5.91 Å². The van der Waals surface area contributed by atoms with Crippen molar-refractivity contribution in [2.24, 2.45) is 0 Å². The zero-order valence-electron chi connectivity index (χ0n) is 13.6. The molecule has 3 aromatic rings. The van der Waals surface area contributed by atoms with Crippen LogP contribution >= 0.6 is 0 Å². The van der Waals surface area contributed by atoms with E-state index in [1.54, 1.807) is 12.4 Å². The molecule has 2 aromatic heterocycles. The lowest BCUT2D eigenvalue weighted by molar-refractivity contribution is -0.116. The fraction of sp³-hybridized carbons (Fsp3) is 0.211. The van der Waals surface area contributed by atoms with Gasteiger partial charge in [-0.25, -0.2) is 4.98 Å². The van der Waals surface area contributed by atoms with E-state index in [2.05, 4.69) is 27.5 Å². The number of carbonyl (C=O) groups is 1. The summed E-state index contributed by atoms with van der Waals surface area (Å²) in [4.78, 5) is 20.5. The van der Waals surface area contributed by atoms with E-state index in [4.69, 9.17) is 0 Å². The minimum Gasteiger partial charge on any atom is -0.338 e. The molecule has 0 aliphatic carbocycles. The largest absolute Gasteiger partial charge is 0.338 e. The number of carbonyl (C=O) groups excluding carboxylic acids is 1. The van der Waals surface area contributed by atoms with Crippen molar-refractivity contribution in [3.8, 4) is 0 Å². The van der Waals surface area contributed by atoms with Crippen LogP contribution in [0.4, 0.5) is 17.2 Å². The summed E-state index contributed by atoms with van der Waals surface area (Å²) in [5.41, 5.74) is 2.51. The second-order valence-electron chi connectivity index (χ2n) is 5.59. The average molecular weight is 320 g/mol. The maximum Gasteiger partial charge on any atom is 0.224 e. The molecule has 5 nitrogen and oxygen atoms in total. The van der Waals surface area contributed by atoms with E-state index < -0.39 is 0 Å². The van der Waals surface area contributed by atoms with Crippen molar-refractivity contribution in [1.29, 1.82) is 0 Å². The van der Waals surface area contributed by atoms with Crippen LogP contribution in [0.15, 0.2) is 54.9 Å². The van der Waals surface area contributed by atoms with Crippen LogP contribution in [0.2, 0.25) is 0 Å². The summed E-state index contributed by atoms with van der Waals surface area (Å²) < 4.78 is 0. The van der Waals surface area contributed by atoms with Crippen molar-refractivity contribution in [2.45, 2.75) is 26.2 Å². The van der Waals surface area contributed by atoms with Crippen molar-refractivity contribution in [1.82, 2.24) is 9.97 Å². The summed E-state index contributed by atoms with van der Waals surface area (Å²) in [6, 6.07) is 13.6. The van der Waals surface area contributed by atoms with Gasteiger partial charge in [0.25, 0.3) is 0 Å². The van der Waals surface area contributed by atoms with Gasteiger partial charge in [-0.2, -0.15) is 0 Å². The number of aromatic nitrogens is 2. The van der Waals surface area contributed by atoms with Gasteiger partial charge in [0.05, 0.1) is 23.1 Å². The van der Waals surface area contributed by atoms with Gasteiger partial charge < -0.3 is 10.6 Å². The highest BCUT2D eigenvalue weighted by atomic mass is 16.1. The zero-order valence-corrected chi connectivity index (χ0v) is 13.6. The van der Waals surface area contributed by atoms with Crippen molar-refractivity contribution < 1.29 is 4.79 Å². The minimum absolute atomic E-state index is 0.0256. The third-order valence-electron chi connectivity index (χ3n) is 3.70. The van der Waals surface area contributed by atoms with Gasteiger partial charge in [0.2, 0.25) is 5.91 Å². The molecule has 122 valence electrons. The number of pyridine rings is 2. The van der Waals surface area contributed by atoms with E-state index in [1.807, 2.05) is 42.5 Å². The highest BCUT2D eigenvalue weighted by Crippen LogP contribution is 2.24. The minimum atomic E-state index is 0.0256. The Hall–Kier alpha value is -2.95. The Bertz CT molecular complexity index is 825. The second kappa shape index (κ2) is 7.55. The lowest BCUT2D eigenvalue weighted by Gasteiger charge is -2.09. The number of fused-ring (bicyclic) bond motifs is 1. The van der Waals surface area contributed by atoms with E-state index in [9.17, 15) is 4.79 Å². The van der Waals surface area contributed by atoms with Crippen LogP contribution in [0.1, 0.15) is 26.2 Å². The number of hydrogen-bond donors (Lipinski definition) is 2. The van der Waals surface area contributed by atoms with Crippen LogP contribution in [-0.2, 0) is 4.79 Å². The van der Waals surface area contributed by atoms with Crippen molar-refractivity contribution in [2.75, 3.05) is 10.6 Å². The molecule has 0 unspecified atom stereocenters. The van der Waals surface area contributed by atoms with Gasteiger partial charge in [-0.3, -0.25) is 9.78 Å². The standard InChI is InChI=1S/C19H20N4O/c1-2-3-9-18(24)22-15-10-11-17(21-13-15)23-16-8-4-6-14-7-5-12-20-19(14)16/h4-8,10-13H,2-3,9H2,1H3,(H,21,23)(H,22,24). The number of nitrogens with one attached hydrogen (secondary N) is 2. The monoisotopic (exact) mass is 320 g/mol. The predicted octanol–water partition coefficient (Wildman–Crippen LogP) is 4.50. The summed E-state index contributed by atoms with van der Waals surface area (Å²) >= 11 is 0. The number of benzene rings is 1. The Morgan fingerprint density at radius 2 is 1.96 bits per heavy atom. The fourth-order valence-corrected chi connectivity index (χ4v) is 2.45. The first-order valence-corrected chi connectivity index (χ1v) is 8.13. The lowest BCUT2D eigenvalue weighted by atomic mass is 10.2. The Balaban J connectivity index is 1.71.